The van der Waals surface area contributed by atoms with Crippen molar-refractivity contribution in [2.75, 3.05) is 0 Å². The molecule has 6 rings (SSSR count). The topological polar surface area (TPSA) is 24.7 Å². The zero-order valence-electron chi connectivity index (χ0n) is 31.3. The summed E-state index contributed by atoms with van der Waals surface area (Å²) in [6, 6.07) is 40.3. The molecule has 0 fully saturated rings. The summed E-state index contributed by atoms with van der Waals surface area (Å²) in [4.78, 5) is 10.7. The highest BCUT2D eigenvalue weighted by molar-refractivity contribution is 6.41. The minimum absolute atomic E-state index is 0.886. The van der Waals surface area contributed by atoms with Gasteiger partial charge in [0.05, 0.1) is 22.8 Å². The molecule has 250 valence electrons. The lowest BCUT2D eigenvalue weighted by Crippen LogP contribution is -2.05. The van der Waals surface area contributed by atoms with E-state index in [0.29, 0.717) is 0 Å². The Balaban J connectivity index is 1.51. The van der Waals surface area contributed by atoms with Crippen molar-refractivity contribution in [3.05, 3.63) is 154 Å². The molecule has 0 N–H and O–H groups in total. The van der Waals surface area contributed by atoms with Crippen LogP contribution in [0.25, 0.3) is 44.5 Å². The van der Waals surface area contributed by atoms with Gasteiger partial charge in [-0.25, -0.2) is 0 Å². The maximum absolute atomic E-state index is 5.34. The summed E-state index contributed by atoms with van der Waals surface area (Å²) in [6.07, 6.45) is 0. The van der Waals surface area contributed by atoms with Crippen LogP contribution in [0.1, 0.15) is 58.4 Å². The van der Waals surface area contributed by atoms with E-state index in [1.807, 2.05) is 0 Å². The van der Waals surface area contributed by atoms with Crippen LogP contribution in [0.15, 0.2) is 119 Å². The number of hydrogen-bond donors (Lipinski definition) is 0. The van der Waals surface area contributed by atoms with Gasteiger partial charge in [0.25, 0.3) is 0 Å². The van der Waals surface area contributed by atoms with Gasteiger partial charge in [-0.2, -0.15) is 0 Å². The molecule has 0 aliphatic heterocycles. The molecule has 2 heteroatoms. The molecule has 0 atom stereocenters. The average molecular weight is 653 g/mol. The first-order valence-corrected chi connectivity index (χ1v) is 17.5. The number of aliphatic imine (C=N–C) groups is 2. The molecule has 0 aliphatic carbocycles. The SMILES string of the molecule is CC(=Nc1cc(-c2cc(C)cc(C)c2)ccc1-c1cc(C)cc(C)c1)C(C)=Nc1cc(-c2cc(C)cc(C)c2)ccc1-c1cc(C)cc(C)c1. The normalized spacial score (nSPS) is 12.0. The minimum Gasteiger partial charge on any atom is -0.251 e. The third kappa shape index (κ3) is 7.92. The van der Waals surface area contributed by atoms with Crippen LogP contribution >= 0.6 is 0 Å². The fourth-order valence-electron chi connectivity index (χ4n) is 7.16. The highest BCUT2D eigenvalue weighted by Crippen LogP contribution is 2.38. The lowest BCUT2D eigenvalue weighted by molar-refractivity contribution is 1.37. The van der Waals surface area contributed by atoms with Crippen molar-refractivity contribution in [3.8, 4) is 44.5 Å². The predicted octanol–water partition coefficient (Wildman–Crippen LogP) is 13.7. The van der Waals surface area contributed by atoms with Crippen molar-refractivity contribution in [1.29, 1.82) is 0 Å². The lowest BCUT2D eigenvalue weighted by Gasteiger charge is -2.14. The van der Waals surface area contributed by atoms with Crippen molar-refractivity contribution >= 4 is 22.8 Å². The van der Waals surface area contributed by atoms with Crippen LogP contribution in [0.5, 0.6) is 0 Å². The third-order valence-corrected chi connectivity index (χ3v) is 9.27. The summed E-state index contributed by atoms with van der Waals surface area (Å²) in [6.45, 7) is 21.4. The van der Waals surface area contributed by atoms with Gasteiger partial charge in [-0.15, -0.1) is 0 Å². The Bertz CT molecular complexity index is 2070. The molecule has 0 bridgehead atoms. The first kappa shape index (κ1) is 34.5. The van der Waals surface area contributed by atoms with Crippen LogP contribution < -0.4 is 0 Å². The summed E-state index contributed by atoms with van der Waals surface area (Å²) in [5.41, 5.74) is 22.9. The lowest BCUT2D eigenvalue weighted by atomic mass is 9.94. The molecule has 0 radical (unpaired) electrons. The highest BCUT2D eigenvalue weighted by atomic mass is 14.8. The van der Waals surface area contributed by atoms with E-state index in [1.165, 1.54) is 66.8 Å². The molecule has 6 aromatic rings. The van der Waals surface area contributed by atoms with Gasteiger partial charge < -0.3 is 0 Å². The maximum atomic E-state index is 5.34. The summed E-state index contributed by atoms with van der Waals surface area (Å²) in [7, 11) is 0. The number of rotatable bonds is 7. The fourth-order valence-corrected chi connectivity index (χ4v) is 7.16. The molecular weight excluding hydrogens is 605 g/mol. The third-order valence-electron chi connectivity index (χ3n) is 9.27. The minimum atomic E-state index is 0.886. The van der Waals surface area contributed by atoms with Crippen molar-refractivity contribution in [2.45, 2.75) is 69.2 Å². The Morgan fingerprint density at radius 3 is 0.840 bits per heavy atom. The molecule has 0 aliphatic rings. The molecule has 0 saturated carbocycles. The predicted molar refractivity (Wildman–Crippen MR) is 218 cm³/mol. The van der Waals surface area contributed by atoms with Gasteiger partial charge in [0.2, 0.25) is 0 Å². The Morgan fingerprint density at radius 1 is 0.300 bits per heavy atom. The second-order valence-electron chi connectivity index (χ2n) is 14.4. The maximum Gasteiger partial charge on any atom is 0.0718 e. The summed E-state index contributed by atoms with van der Waals surface area (Å²) >= 11 is 0. The van der Waals surface area contributed by atoms with Crippen molar-refractivity contribution in [1.82, 2.24) is 0 Å². The quantitative estimate of drug-likeness (QED) is 0.153. The van der Waals surface area contributed by atoms with E-state index in [-0.39, 0.29) is 0 Å². The standard InChI is InChI=1S/C48H48N2/c1-29-15-30(2)20-41(19-29)39-11-13-45(43-23-33(5)17-34(6)24-43)47(27-39)49-37(9)38(10)50-48-28-40(42-21-31(3)16-32(4)22-42)12-14-46(48)44-25-35(7)18-36(8)26-44/h11-28H,1-10H3. The zero-order valence-corrected chi connectivity index (χ0v) is 31.3. The zero-order chi connectivity index (χ0) is 35.7. The molecule has 0 saturated heterocycles. The van der Waals surface area contributed by atoms with Gasteiger partial charge >= 0.3 is 0 Å². The summed E-state index contributed by atoms with van der Waals surface area (Å²) in [5, 5.41) is 0. The number of benzene rings is 6. The summed E-state index contributed by atoms with van der Waals surface area (Å²) < 4.78 is 0. The highest BCUT2D eigenvalue weighted by Gasteiger charge is 2.13. The van der Waals surface area contributed by atoms with Crippen LogP contribution in [0.4, 0.5) is 11.4 Å². The van der Waals surface area contributed by atoms with E-state index in [1.54, 1.807) is 0 Å². The molecule has 0 amide bonds. The first-order valence-electron chi connectivity index (χ1n) is 17.5. The monoisotopic (exact) mass is 652 g/mol. The Kier molecular flexibility index (Phi) is 9.84. The fraction of sp³-hybridized carbons (Fsp3) is 0.208. The van der Waals surface area contributed by atoms with Gasteiger partial charge in [0.1, 0.15) is 0 Å². The van der Waals surface area contributed by atoms with E-state index in [4.69, 9.17) is 9.98 Å². The Labute approximate surface area is 299 Å². The number of hydrogen-bond acceptors (Lipinski definition) is 2. The Hall–Kier alpha value is -5.34. The average Bonchev–Trinajstić information content (AvgIpc) is 3.03. The second kappa shape index (κ2) is 14.3. The molecule has 0 aromatic heterocycles. The van der Waals surface area contributed by atoms with Crippen molar-refractivity contribution < 1.29 is 0 Å². The van der Waals surface area contributed by atoms with Crippen LogP contribution in [0.3, 0.4) is 0 Å². The smallest absolute Gasteiger partial charge is 0.0718 e. The van der Waals surface area contributed by atoms with Gasteiger partial charge in [0, 0.05) is 11.1 Å². The van der Waals surface area contributed by atoms with Crippen LogP contribution in [-0.2, 0) is 0 Å². The summed E-state index contributed by atoms with van der Waals surface area (Å²) in [5.74, 6) is 0. The second-order valence-corrected chi connectivity index (χ2v) is 14.4. The Morgan fingerprint density at radius 2 is 0.560 bits per heavy atom. The van der Waals surface area contributed by atoms with Gasteiger partial charge in [0.15, 0.2) is 0 Å². The van der Waals surface area contributed by atoms with E-state index < -0.39 is 0 Å². The van der Waals surface area contributed by atoms with E-state index in [9.17, 15) is 0 Å². The molecule has 2 nitrogen and oxygen atoms in total. The molecule has 50 heavy (non-hydrogen) atoms. The van der Waals surface area contributed by atoms with Crippen LogP contribution in [0, 0.1) is 55.4 Å². The molecule has 0 spiro atoms. The molecule has 0 unspecified atom stereocenters. The van der Waals surface area contributed by atoms with Gasteiger partial charge in [-0.05, 0) is 115 Å². The van der Waals surface area contributed by atoms with Gasteiger partial charge in [-0.3, -0.25) is 9.98 Å². The van der Waals surface area contributed by atoms with Gasteiger partial charge in [-0.1, -0.05) is 142 Å². The van der Waals surface area contributed by atoms with E-state index in [2.05, 4.69) is 178 Å². The van der Waals surface area contributed by atoms with Crippen LogP contribution in [0.2, 0.25) is 0 Å². The van der Waals surface area contributed by atoms with Crippen molar-refractivity contribution in [3.63, 3.8) is 0 Å². The van der Waals surface area contributed by atoms with E-state index >= 15 is 0 Å². The first-order chi connectivity index (χ1) is 23.8. The largest absolute Gasteiger partial charge is 0.251 e. The van der Waals surface area contributed by atoms with Crippen molar-refractivity contribution in [2.24, 2.45) is 9.98 Å². The molecular formula is C48H48N2. The number of nitrogens with zero attached hydrogens (tertiary/aromatic N) is 2. The number of aryl methyl sites for hydroxylation is 8. The van der Waals surface area contributed by atoms with E-state index in [0.717, 1.165) is 45.1 Å². The van der Waals surface area contributed by atoms with Crippen LogP contribution in [-0.4, -0.2) is 11.4 Å². The molecule has 6 aromatic carbocycles. The molecule has 0 heterocycles.